The molecule has 1 aromatic rings. The van der Waals surface area contributed by atoms with Gasteiger partial charge in [0.1, 0.15) is 0 Å². The molecule has 0 aliphatic carbocycles. The Morgan fingerprint density at radius 3 is 3.00 bits per heavy atom. The molecule has 0 unspecified atom stereocenters. The summed E-state index contributed by atoms with van der Waals surface area (Å²) >= 11 is 5.80. The largest absolute Gasteiger partial charge is 0.384 e. The van der Waals surface area contributed by atoms with E-state index < -0.39 is 0 Å². The average molecular weight is 190 g/mol. The molecule has 60 valence electrons. The zero-order valence-corrected chi connectivity index (χ0v) is 7.50. The topological polar surface area (TPSA) is 12.0 Å². The number of hydrogen-bond donors (Lipinski definition) is 1. The van der Waals surface area contributed by atoms with E-state index in [0.717, 1.165) is 18.0 Å². The van der Waals surface area contributed by atoms with Gasteiger partial charge in [-0.1, -0.05) is 11.6 Å². The minimum atomic E-state index is 0. The summed E-state index contributed by atoms with van der Waals surface area (Å²) in [5.74, 6) is 0. The fourth-order valence-electron chi connectivity index (χ4n) is 1.27. The first-order valence-corrected chi connectivity index (χ1v) is 3.76. The van der Waals surface area contributed by atoms with Crippen LogP contribution in [-0.2, 0) is 6.42 Å². The Hall–Kier alpha value is -0.400. The third kappa shape index (κ3) is 1.60. The summed E-state index contributed by atoms with van der Waals surface area (Å²) in [4.78, 5) is 0. The van der Waals surface area contributed by atoms with Crippen LogP contribution in [0.5, 0.6) is 0 Å². The molecule has 1 aliphatic heterocycles. The summed E-state index contributed by atoms with van der Waals surface area (Å²) in [7, 11) is 0. The maximum atomic E-state index is 5.80. The molecule has 0 saturated carbocycles. The SMILES string of the molecule is Cl.Clc1ccc2c(c1)CCN2. The van der Waals surface area contributed by atoms with E-state index in [1.807, 2.05) is 18.2 Å². The summed E-state index contributed by atoms with van der Waals surface area (Å²) in [5.41, 5.74) is 2.58. The van der Waals surface area contributed by atoms with E-state index >= 15 is 0 Å². The van der Waals surface area contributed by atoms with Crippen molar-refractivity contribution in [2.24, 2.45) is 0 Å². The van der Waals surface area contributed by atoms with Gasteiger partial charge in [-0.25, -0.2) is 0 Å². The number of anilines is 1. The number of fused-ring (bicyclic) bond motifs is 1. The normalized spacial score (nSPS) is 13.2. The smallest absolute Gasteiger partial charge is 0.0410 e. The van der Waals surface area contributed by atoms with Crippen molar-refractivity contribution in [1.29, 1.82) is 0 Å². The van der Waals surface area contributed by atoms with E-state index in [1.165, 1.54) is 11.3 Å². The van der Waals surface area contributed by atoms with Crippen molar-refractivity contribution in [3.8, 4) is 0 Å². The molecule has 11 heavy (non-hydrogen) atoms. The lowest BCUT2D eigenvalue weighted by Gasteiger charge is -1.97. The predicted octanol–water partition coefficient (Wildman–Crippen LogP) is 2.73. The molecule has 1 aromatic carbocycles. The van der Waals surface area contributed by atoms with Gasteiger partial charge in [0.05, 0.1) is 0 Å². The molecule has 1 aliphatic rings. The minimum Gasteiger partial charge on any atom is -0.384 e. The van der Waals surface area contributed by atoms with Crippen LogP contribution < -0.4 is 5.32 Å². The van der Waals surface area contributed by atoms with Crippen molar-refractivity contribution >= 4 is 29.7 Å². The Balaban J connectivity index is 0.000000605. The number of nitrogens with one attached hydrogen (secondary N) is 1. The summed E-state index contributed by atoms with van der Waals surface area (Å²) in [6, 6.07) is 5.97. The van der Waals surface area contributed by atoms with E-state index in [4.69, 9.17) is 11.6 Å². The molecule has 0 atom stereocenters. The number of halogens is 2. The molecule has 0 aromatic heterocycles. The molecule has 0 saturated heterocycles. The third-order valence-corrected chi connectivity index (χ3v) is 2.01. The Kier molecular flexibility index (Phi) is 2.63. The van der Waals surface area contributed by atoms with Crippen LogP contribution in [0.1, 0.15) is 5.56 Å². The molecule has 3 heteroatoms. The molecule has 0 fully saturated rings. The van der Waals surface area contributed by atoms with Gasteiger partial charge < -0.3 is 5.32 Å². The van der Waals surface area contributed by atoms with Gasteiger partial charge >= 0.3 is 0 Å². The van der Waals surface area contributed by atoms with Crippen molar-refractivity contribution in [2.45, 2.75) is 6.42 Å². The summed E-state index contributed by atoms with van der Waals surface area (Å²) in [6.07, 6.45) is 1.11. The lowest BCUT2D eigenvalue weighted by atomic mass is 10.2. The highest BCUT2D eigenvalue weighted by Crippen LogP contribution is 2.24. The molecule has 1 N–H and O–H groups in total. The highest BCUT2D eigenvalue weighted by Gasteiger charge is 2.08. The molecule has 1 nitrogen and oxygen atoms in total. The second kappa shape index (κ2) is 3.33. The molecule has 0 amide bonds. The lowest BCUT2D eigenvalue weighted by Crippen LogP contribution is -1.90. The fraction of sp³-hybridized carbons (Fsp3) is 0.250. The molecular formula is C8H9Cl2N. The molecule has 0 spiro atoms. The molecule has 1 heterocycles. The number of benzene rings is 1. The van der Waals surface area contributed by atoms with Gasteiger partial charge in [-0.15, -0.1) is 12.4 Å². The van der Waals surface area contributed by atoms with Gasteiger partial charge in [-0.2, -0.15) is 0 Å². The van der Waals surface area contributed by atoms with Crippen molar-refractivity contribution < 1.29 is 0 Å². The van der Waals surface area contributed by atoms with E-state index in [-0.39, 0.29) is 12.4 Å². The summed E-state index contributed by atoms with van der Waals surface area (Å²) in [6.45, 7) is 1.05. The van der Waals surface area contributed by atoms with E-state index in [9.17, 15) is 0 Å². The Morgan fingerprint density at radius 2 is 2.18 bits per heavy atom. The van der Waals surface area contributed by atoms with Gasteiger partial charge in [0, 0.05) is 17.3 Å². The van der Waals surface area contributed by atoms with Crippen LogP contribution in [-0.4, -0.2) is 6.54 Å². The van der Waals surface area contributed by atoms with Gasteiger partial charge in [0.2, 0.25) is 0 Å². The Labute approximate surface area is 77.2 Å². The molecule has 0 bridgehead atoms. The van der Waals surface area contributed by atoms with Gasteiger partial charge in [-0.3, -0.25) is 0 Å². The maximum Gasteiger partial charge on any atom is 0.0410 e. The number of hydrogen-bond acceptors (Lipinski definition) is 1. The van der Waals surface area contributed by atoms with Crippen LogP contribution >= 0.6 is 24.0 Å². The van der Waals surface area contributed by atoms with Crippen molar-refractivity contribution in [2.75, 3.05) is 11.9 Å². The fourth-order valence-corrected chi connectivity index (χ4v) is 1.47. The van der Waals surface area contributed by atoms with Crippen LogP contribution in [0.3, 0.4) is 0 Å². The van der Waals surface area contributed by atoms with Crippen molar-refractivity contribution in [3.05, 3.63) is 28.8 Å². The monoisotopic (exact) mass is 189 g/mol. The molecule has 0 radical (unpaired) electrons. The second-order valence-electron chi connectivity index (χ2n) is 2.48. The van der Waals surface area contributed by atoms with Crippen LogP contribution in [0.25, 0.3) is 0 Å². The van der Waals surface area contributed by atoms with Crippen LogP contribution in [0, 0.1) is 0 Å². The van der Waals surface area contributed by atoms with E-state index in [1.54, 1.807) is 0 Å². The van der Waals surface area contributed by atoms with Crippen molar-refractivity contribution in [3.63, 3.8) is 0 Å². The van der Waals surface area contributed by atoms with Gasteiger partial charge in [0.15, 0.2) is 0 Å². The first-order valence-electron chi connectivity index (χ1n) is 3.38. The average Bonchev–Trinajstić information content (AvgIpc) is 2.33. The Morgan fingerprint density at radius 1 is 1.36 bits per heavy atom. The van der Waals surface area contributed by atoms with E-state index in [0.29, 0.717) is 0 Å². The zero-order chi connectivity index (χ0) is 6.97. The zero-order valence-electron chi connectivity index (χ0n) is 5.93. The number of rotatable bonds is 0. The van der Waals surface area contributed by atoms with Crippen LogP contribution in [0.4, 0.5) is 5.69 Å². The summed E-state index contributed by atoms with van der Waals surface area (Å²) < 4.78 is 0. The molecule has 2 rings (SSSR count). The van der Waals surface area contributed by atoms with E-state index in [2.05, 4.69) is 5.32 Å². The maximum absolute atomic E-state index is 5.80. The van der Waals surface area contributed by atoms with Gasteiger partial charge in [-0.05, 0) is 30.2 Å². The Bertz CT molecular complexity index is 260. The standard InChI is InChI=1S/C8H8ClN.ClH/c9-7-1-2-8-6(5-7)3-4-10-8;/h1-2,5,10H,3-4H2;1H. The first kappa shape index (κ1) is 8.69. The highest BCUT2D eigenvalue weighted by atomic mass is 35.5. The van der Waals surface area contributed by atoms with Crippen molar-refractivity contribution in [1.82, 2.24) is 0 Å². The third-order valence-electron chi connectivity index (χ3n) is 1.78. The quantitative estimate of drug-likeness (QED) is 0.663. The molecular weight excluding hydrogens is 181 g/mol. The minimum absolute atomic E-state index is 0. The highest BCUT2D eigenvalue weighted by molar-refractivity contribution is 6.30. The second-order valence-corrected chi connectivity index (χ2v) is 2.91. The first-order chi connectivity index (χ1) is 4.86. The van der Waals surface area contributed by atoms with Crippen LogP contribution in [0.15, 0.2) is 18.2 Å². The summed E-state index contributed by atoms with van der Waals surface area (Å²) in [5, 5.41) is 4.10. The lowest BCUT2D eigenvalue weighted by molar-refractivity contribution is 1.11. The van der Waals surface area contributed by atoms with Crippen LogP contribution in [0.2, 0.25) is 5.02 Å². The van der Waals surface area contributed by atoms with Gasteiger partial charge in [0.25, 0.3) is 0 Å². The predicted molar refractivity (Wildman–Crippen MR) is 50.9 cm³/mol.